The molecule has 0 aliphatic heterocycles. The topological polar surface area (TPSA) is 9.23 Å². The summed E-state index contributed by atoms with van der Waals surface area (Å²) >= 11 is 6.13. The Morgan fingerprint density at radius 1 is 1.12 bits per heavy atom. The van der Waals surface area contributed by atoms with Gasteiger partial charge in [-0.15, -0.1) is 11.3 Å². The third kappa shape index (κ3) is 3.87. The average molecular weight is 264 g/mol. The van der Waals surface area contributed by atoms with E-state index >= 15 is 0 Å². The molecule has 1 atom stereocenters. The Hall–Kier alpha value is -0.770. The van der Waals surface area contributed by atoms with Crippen molar-refractivity contribution >= 4 is 24.0 Å². The van der Waals surface area contributed by atoms with Crippen LogP contribution in [0.4, 0.5) is 0 Å². The van der Waals surface area contributed by atoms with Crippen LogP contribution in [0, 0.1) is 0 Å². The van der Waals surface area contributed by atoms with Crippen LogP contribution in [0.5, 0.6) is 0 Å². The zero-order valence-electron chi connectivity index (χ0n) is 9.58. The molecule has 0 aliphatic rings. The Morgan fingerprint density at radius 2 is 1.94 bits per heavy atom. The fourth-order valence-corrected chi connectivity index (χ4v) is 2.63. The molecule has 0 fully saturated rings. The van der Waals surface area contributed by atoms with E-state index in [2.05, 4.69) is 54.4 Å². The molecule has 1 heterocycles. The third-order valence-corrected chi connectivity index (χ3v) is 3.93. The van der Waals surface area contributed by atoms with E-state index in [9.17, 15) is 0 Å². The van der Waals surface area contributed by atoms with Crippen molar-refractivity contribution in [2.75, 3.05) is 12.4 Å². The number of hydrogen-bond acceptors (Lipinski definition) is 3. The Balaban J connectivity index is 1.84. The zero-order valence-corrected chi connectivity index (χ0v) is 11.3. The molecule has 0 amide bonds. The van der Waals surface area contributed by atoms with Gasteiger partial charge < -0.3 is 4.74 Å². The summed E-state index contributed by atoms with van der Waals surface area (Å²) in [5.41, 5.74) is 1.30. The van der Waals surface area contributed by atoms with Gasteiger partial charge in [0.1, 0.15) is 0 Å². The average Bonchev–Trinajstić information content (AvgIpc) is 2.89. The van der Waals surface area contributed by atoms with Gasteiger partial charge in [0.15, 0.2) is 0 Å². The third-order valence-electron chi connectivity index (χ3n) is 2.63. The Labute approximate surface area is 112 Å². The van der Waals surface area contributed by atoms with Crippen molar-refractivity contribution in [2.45, 2.75) is 12.5 Å². The molecule has 0 spiro atoms. The predicted molar refractivity (Wildman–Crippen MR) is 77.0 cm³/mol. The first-order valence-corrected chi connectivity index (χ1v) is 7.17. The van der Waals surface area contributed by atoms with Gasteiger partial charge in [-0.25, -0.2) is 0 Å². The van der Waals surface area contributed by atoms with Crippen molar-refractivity contribution < 1.29 is 4.74 Å². The van der Waals surface area contributed by atoms with Crippen LogP contribution >= 0.6 is 24.0 Å². The molecule has 3 heteroatoms. The van der Waals surface area contributed by atoms with E-state index in [1.807, 2.05) is 6.07 Å². The van der Waals surface area contributed by atoms with E-state index in [-0.39, 0.29) is 0 Å². The monoisotopic (exact) mass is 264 g/mol. The lowest BCUT2D eigenvalue weighted by atomic mass is 10.0. The van der Waals surface area contributed by atoms with Crippen LogP contribution in [-0.4, -0.2) is 12.4 Å². The number of rotatable bonds is 6. The largest absolute Gasteiger partial charge is 0.375 e. The standard InChI is InChI=1S/C14H16OS2/c16-11-13(12-5-2-1-3-6-12)9-15-10-14-7-4-8-17-14/h1-8,13,16H,9-11H2. The molecule has 2 aromatic rings. The van der Waals surface area contributed by atoms with E-state index < -0.39 is 0 Å². The van der Waals surface area contributed by atoms with Gasteiger partial charge >= 0.3 is 0 Å². The lowest BCUT2D eigenvalue weighted by Crippen LogP contribution is -2.09. The summed E-state index contributed by atoms with van der Waals surface area (Å²) in [6.07, 6.45) is 0. The molecule has 0 N–H and O–H groups in total. The van der Waals surface area contributed by atoms with Gasteiger partial charge in [0, 0.05) is 10.8 Å². The highest BCUT2D eigenvalue weighted by molar-refractivity contribution is 7.80. The number of thiol groups is 1. The molecule has 90 valence electrons. The molecular formula is C14H16OS2. The van der Waals surface area contributed by atoms with Crippen molar-refractivity contribution in [1.82, 2.24) is 0 Å². The molecule has 0 aliphatic carbocycles. The van der Waals surface area contributed by atoms with Crippen molar-refractivity contribution in [3.63, 3.8) is 0 Å². The fourth-order valence-electron chi connectivity index (χ4n) is 1.68. The molecule has 1 aromatic heterocycles. The van der Waals surface area contributed by atoms with E-state index in [4.69, 9.17) is 4.74 Å². The molecule has 17 heavy (non-hydrogen) atoms. The van der Waals surface area contributed by atoms with Gasteiger partial charge in [0.05, 0.1) is 13.2 Å². The molecular weight excluding hydrogens is 248 g/mol. The summed E-state index contributed by atoms with van der Waals surface area (Å²) < 4.78 is 5.75. The maximum atomic E-state index is 5.75. The summed E-state index contributed by atoms with van der Waals surface area (Å²) in [7, 11) is 0. The van der Waals surface area contributed by atoms with Crippen LogP contribution in [0.15, 0.2) is 47.8 Å². The molecule has 0 radical (unpaired) electrons. The minimum atomic E-state index is 0.375. The molecule has 1 unspecified atom stereocenters. The maximum absolute atomic E-state index is 5.75. The first-order chi connectivity index (χ1) is 8.40. The highest BCUT2D eigenvalue weighted by Crippen LogP contribution is 2.18. The number of benzene rings is 1. The SMILES string of the molecule is SCC(COCc1cccs1)c1ccccc1. The van der Waals surface area contributed by atoms with Crippen molar-refractivity contribution in [3.8, 4) is 0 Å². The van der Waals surface area contributed by atoms with Crippen molar-refractivity contribution in [3.05, 3.63) is 58.3 Å². The number of ether oxygens (including phenoxy) is 1. The van der Waals surface area contributed by atoms with Crippen molar-refractivity contribution in [1.29, 1.82) is 0 Å². The Morgan fingerprint density at radius 3 is 2.59 bits per heavy atom. The molecule has 0 saturated heterocycles. The van der Waals surface area contributed by atoms with Gasteiger partial charge in [0.2, 0.25) is 0 Å². The Kier molecular flexibility index (Phi) is 5.10. The summed E-state index contributed by atoms with van der Waals surface area (Å²) in [5, 5.41) is 2.08. The summed E-state index contributed by atoms with van der Waals surface area (Å²) in [6, 6.07) is 14.6. The van der Waals surface area contributed by atoms with Gasteiger partial charge in [-0.05, 0) is 22.8 Å². The molecule has 1 nitrogen and oxygen atoms in total. The molecule has 2 rings (SSSR count). The summed E-state index contributed by atoms with van der Waals surface area (Å²) in [6.45, 7) is 1.43. The van der Waals surface area contributed by atoms with E-state index in [0.29, 0.717) is 12.5 Å². The highest BCUT2D eigenvalue weighted by Gasteiger charge is 2.09. The second-order valence-corrected chi connectivity index (χ2v) is 5.28. The quantitative estimate of drug-likeness (QED) is 0.777. The number of hydrogen-bond donors (Lipinski definition) is 1. The predicted octanol–water partition coefficient (Wildman–Crippen LogP) is 3.98. The van der Waals surface area contributed by atoms with Crippen LogP contribution in [0.1, 0.15) is 16.4 Å². The van der Waals surface area contributed by atoms with E-state index in [0.717, 1.165) is 12.4 Å². The highest BCUT2D eigenvalue weighted by atomic mass is 32.1. The van der Waals surface area contributed by atoms with Crippen LogP contribution in [-0.2, 0) is 11.3 Å². The van der Waals surface area contributed by atoms with Crippen LogP contribution in [0.2, 0.25) is 0 Å². The molecule has 1 aromatic carbocycles. The zero-order chi connectivity index (χ0) is 11.9. The molecule has 0 bridgehead atoms. The maximum Gasteiger partial charge on any atom is 0.0809 e. The lowest BCUT2D eigenvalue weighted by Gasteiger charge is -2.14. The summed E-state index contributed by atoms with van der Waals surface area (Å²) in [5.74, 6) is 1.19. The smallest absolute Gasteiger partial charge is 0.0809 e. The minimum absolute atomic E-state index is 0.375. The molecule has 0 saturated carbocycles. The fraction of sp³-hybridized carbons (Fsp3) is 0.286. The normalized spacial score (nSPS) is 12.5. The van der Waals surface area contributed by atoms with Gasteiger partial charge in [-0.2, -0.15) is 12.6 Å². The van der Waals surface area contributed by atoms with Gasteiger partial charge in [-0.3, -0.25) is 0 Å². The van der Waals surface area contributed by atoms with Crippen molar-refractivity contribution in [2.24, 2.45) is 0 Å². The minimum Gasteiger partial charge on any atom is -0.375 e. The second kappa shape index (κ2) is 6.84. The van der Waals surface area contributed by atoms with Gasteiger partial charge in [-0.1, -0.05) is 36.4 Å². The van der Waals surface area contributed by atoms with Crippen LogP contribution in [0.3, 0.4) is 0 Å². The van der Waals surface area contributed by atoms with Gasteiger partial charge in [0.25, 0.3) is 0 Å². The van der Waals surface area contributed by atoms with Crippen LogP contribution < -0.4 is 0 Å². The first-order valence-electron chi connectivity index (χ1n) is 5.66. The van der Waals surface area contributed by atoms with Crippen LogP contribution in [0.25, 0.3) is 0 Å². The lowest BCUT2D eigenvalue weighted by molar-refractivity contribution is 0.113. The van der Waals surface area contributed by atoms with E-state index in [1.54, 1.807) is 11.3 Å². The number of thiophene rings is 1. The summed E-state index contributed by atoms with van der Waals surface area (Å²) in [4.78, 5) is 1.27. The first kappa shape index (κ1) is 12.7. The Bertz CT molecular complexity index is 411. The second-order valence-electron chi connectivity index (χ2n) is 3.88. The van der Waals surface area contributed by atoms with E-state index in [1.165, 1.54) is 10.4 Å².